The van der Waals surface area contributed by atoms with Crippen molar-refractivity contribution in [3.8, 4) is 0 Å². The number of carbonyl (C=O) groups excluding carboxylic acids is 4. The van der Waals surface area contributed by atoms with Crippen molar-refractivity contribution in [1.82, 2.24) is 0 Å². The van der Waals surface area contributed by atoms with E-state index >= 15 is 0 Å². The molecule has 0 bridgehead atoms. The third kappa shape index (κ3) is 69.3. The van der Waals surface area contributed by atoms with Crippen LogP contribution in [0.3, 0.4) is 0 Å². The number of phosphoric ester groups is 2. The van der Waals surface area contributed by atoms with Crippen LogP contribution < -0.4 is 0 Å². The van der Waals surface area contributed by atoms with Crippen molar-refractivity contribution in [2.24, 2.45) is 11.8 Å². The van der Waals surface area contributed by atoms with Gasteiger partial charge in [0.2, 0.25) is 0 Å². The smallest absolute Gasteiger partial charge is 0.462 e. The van der Waals surface area contributed by atoms with Crippen molar-refractivity contribution < 1.29 is 80.2 Å². The highest BCUT2D eigenvalue weighted by molar-refractivity contribution is 7.47. The van der Waals surface area contributed by atoms with Gasteiger partial charge in [0, 0.05) is 25.7 Å². The van der Waals surface area contributed by atoms with Crippen LogP contribution in [-0.2, 0) is 65.4 Å². The number of unbranched alkanes of at least 4 members (excludes halogenated alkanes) is 41. The van der Waals surface area contributed by atoms with Crippen molar-refractivity contribution in [2.45, 2.75) is 407 Å². The zero-order chi connectivity index (χ0) is 72.1. The molecule has 19 heteroatoms. The van der Waals surface area contributed by atoms with Gasteiger partial charge in [-0.1, -0.05) is 336 Å². The fourth-order valence-corrected chi connectivity index (χ4v) is 13.2. The summed E-state index contributed by atoms with van der Waals surface area (Å²) in [5, 5.41) is 10.6. The number of rotatable bonds is 76. The molecule has 578 valence electrons. The maximum absolute atomic E-state index is 13.1. The third-order valence-electron chi connectivity index (χ3n) is 18.6. The summed E-state index contributed by atoms with van der Waals surface area (Å²) in [6.45, 7) is 9.59. The highest BCUT2D eigenvalue weighted by Gasteiger charge is 2.30. The lowest BCUT2D eigenvalue weighted by Gasteiger charge is -2.21. The Kier molecular flexibility index (Phi) is 68.5. The minimum absolute atomic E-state index is 0.101. The predicted molar refractivity (Wildman–Crippen MR) is 400 cm³/mol. The zero-order valence-corrected chi connectivity index (χ0v) is 65.4. The topological polar surface area (TPSA) is 237 Å². The molecule has 4 unspecified atom stereocenters. The Labute approximate surface area is 599 Å². The van der Waals surface area contributed by atoms with Gasteiger partial charge in [-0.3, -0.25) is 37.3 Å². The van der Waals surface area contributed by atoms with E-state index in [4.69, 9.17) is 37.0 Å². The Morgan fingerprint density at radius 1 is 0.327 bits per heavy atom. The van der Waals surface area contributed by atoms with Crippen LogP contribution in [0, 0.1) is 11.8 Å². The molecule has 0 spiro atoms. The van der Waals surface area contributed by atoms with E-state index in [0.29, 0.717) is 25.7 Å². The van der Waals surface area contributed by atoms with E-state index in [1.54, 1.807) is 0 Å². The van der Waals surface area contributed by atoms with Gasteiger partial charge in [0.05, 0.1) is 26.4 Å². The molecule has 0 aliphatic carbocycles. The number of phosphoric acid groups is 2. The normalized spacial score (nSPS) is 14.7. The maximum Gasteiger partial charge on any atom is 0.472 e. The van der Waals surface area contributed by atoms with E-state index in [0.717, 1.165) is 134 Å². The number of esters is 4. The van der Waals surface area contributed by atoms with Crippen molar-refractivity contribution in [1.29, 1.82) is 0 Å². The van der Waals surface area contributed by atoms with Gasteiger partial charge in [-0.15, -0.1) is 0 Å². The monoisotopic (exact) mass is 1430 g/mol. The second-order valence-electron chi connectivity index (χ2n) is 28.3. The van der Waals surface area contributed by atoms with Crippen LogP contribution in [0.2, 0.25) is 0 Å². The number of hydrogen-bond donors (Lipinski definition) is 3. The zero-order valence-electron chi connectivity index (χ0n) is 63.6. The van der Waals surface area contributed by atoms with Crippen LogP contribution in [0.15, 0.2) is 24.3 Å². The Morgan fingerprint density at radius 3 is 0.867 bits per heavy atom. The molecule has 0 fully saturated rings. The average Bonchev–Trinajstić information content (AvgIpc) is 1.00. The predicted octanol–water partition coefficient (Wildman–Crippen LogP) is 23.1. The number of hydrogen-bond acceptors (Lipinski definition) is 15. The van der Waals surface area contributed by atoms with Gasteiger partial charge in [-0.05, 0) is 63.2 Å². The Morgan fingerprint density at radius 2 is 0.571 bits per heavy atom. The van der Waals surface area contributed by atoms with Crippen molar-refractivity contribution in [3.63, 3.8) is 0 Å². The average molecular weight is 1430 g/mol. The standard InChI is InChI=1S/C79H150O17P2/c1-7-11-13-15-17-18-19-20-25-29-32-38-44-50-56-62-77(82)90-68-75(96-78(83)63-57-51-45-39-33-30-27-24-22-21-23-26-28-31-36-42-47-53-59-71(5)9-3)70-94-98(87,88)92-66-73(80)65-91-97(85,86)93-69-74(67-89-76(81)61-55-49-41-16-14-12-8-2)95-79(84)64-58-52-46-40-35-34-37-43-48-54-60-72(6)10-4/h18-20,25,71-75,80H,7-17,21-24,26-70H2,1-6H3,(H,85,86)(H,87,88)/b19-18-,25-20-/t71?,72?,73-,74+,75+/m0/s1. The molecule has 98 heavy (non-hydrogen) atoms. The molecule has 7 atom stereocenters. The lowest BCUT2D eigenvalue weighted by Crippen LogP contribution is -2.30. The lowest BCUT2D eigenvalue weighted by molar-refractivity contribution is -0.161. The van der Waals surface area contributed by atoms with Gasteiger partial charge in [0.25, 0.3) is 0 Å². The summed E-state index contributed by atoms with van der Waals surface area (Å²) in [5.41, 5.74) is 0. The fourth-order valence-electron chi connectivity index (χ4n) is 11.6. The van der Waals surface area contributed by atoms with E-state index in [1.807, 2.05) is 0 Å². The van der Waals surface area contributed by atoms with E-state index < -0.39 is 97.5 Å². The largest absolute Gasteiger partial charge is 0.472 e. The molecule has 0 aromatic carbocycles. The number of aliphatic hydroxyl groups excluding tert-OH is 1. The third-order valence-corrected chi connectivity index (χ3v) is 20.5. The first-order valence-corrected chi connectivity index (χ1v) is 43.4. The molecule has 0 amide bonds. The summed E-state index contributed by atoms with van der Waals surface area (Å²) >= 11 is 0. The molecule has 0 radical (unpaired) electrons. The molecule has 0 saturated carbocycles. The molecule has 0 aromatic rings. The van der Waals surface area contributed by atoms with E-state index in [1.165, 1.54) is 173 Å². The van der Waals surface area contributed by atoms with Crippen molar-refractivity contribution in [3.05, 3.63) is 24.3 Å². The van der Waals surface area contributed by atoms with Crippen molar-refractivity contribution in [2.75, 3.05) is 39.6 Å². The number of aliphatic hydroxyl groups is 1. The number of carbonyl (C=O) groups is 4. The van der Waals surface area contributed by atoms with Crippen molar-refractivity contribution >= 4 is 39.5 Å². The van der Waals surface area contributed by atoms with E-state index in [-0.39, 0.29) is 25.7 Å². The van der Waals surface area contributed by atoms with E-state index in [9.17, 15) is 43.2 Å². The summed E-state index contributed by atoms with van der Waals surface area (Å²) in [7, 11) is -9.92. The second kappa shape index (κ2) is 70.2. The maximum atomic E-state index is 13.1. The second-order valence-corrected chi connectivity index (χ2v) is 31.2. The van der Waals surface area contributed by atoms with Crippen LogP contribution in [0.4, 0.5) is 0 Å². The minimum Gasteiger partial charge on any atom is -0.462 e. The summed E-state index contributed by atoms with van der Waals surface area (Å²) in [6, 6.07) is 0. The number of ether oxygens (including phenoxy) is 4. The molecule has 0 saturated heterocycles. The fraction of sp³-hybridized carbons (Fsp3) is 0.899. The lowest BCUT2D eigenvalue weighted by atomic mass is 9.99. The summed E-state index contributed by atoms with van der Waals surface area (Å²) in [6.07, 6.45) is 61.9. The van der Waals surface area contributed by atoms with Gasteiger partial charge in [-0.2, -0.15) is 0 Å². The molecule has 0 rings (SSSR count). The van der Waals surface area contributed by atoms with Gasteiger partial charge in [0.1, 0.15) is 19.3 Å². The summed E-state index contributed by atoms with van der Waals surface area (Å²) in [4.78, 5) is 72.7. The van der Waals surface area contributed by atoms with Crippen LogP contribution in [0.1, 0.15) is 388 Å². The minimum atomic E-state index is -4.97. The molecule has 3 N–H and O–H groups in total. The molecule has 0 aromatic heterocycles. The van der Waals surface area contributed by atoms with Crippen LogP contribution >= 0.6 is 15.6 Å². The Bertz CT molecular complexity index is 1990. The molecule has 0 heterocycles. The number of allylic oxidation sites excluding steroid dienone is 4. The molecule has 0 aliphatic rings. The Hall–Kier alpha value is -2.46. The van der Waals surface area contributed by atoms with E-state index in [2.05, 4.69) is 65.8 Å². The highest BCUT2D eigenvalue weighted by Crippen LogP contribution is 2.45. The first-order chi connectivity index (χ1) is 47.4. The SMILES string of the molecule is CCCCCC/C=C\C=C/CCCCCCCC(=O)OC[C@H](COP(=O)(O)OC[C@@H](O)COP(=O)(O)OC[C@@H](COC(=O)CCCCCCCCC)OC(=O)CCCCCCCCCCCCC(C)CC)OC(=O)CCCCCCCCCCCCCCCCCCCCC(C)CC. The molecular weight excluding hydrogens is 1280 g/mol. The molecule has 0 aliphatic heterocycles. The van der Waals surface area contributed by atoms with Gasteiger partial charge in [-0.25, -0.2) is 9.13 Å². The quantitative estimate of drug-likeness (QED) is 0.0169. The van der Waals surface area contributed by atoms with Crippen LogP contribution in [0.25, 0.3) is 0 Å². The van der Waals surface area contributed by atoms with Gasteiger partial charge >= 0.3 is 39.5 Å². The first-order valence-electron chi connectivity index (χ1n) is 40.4. The van der Waals surface area contributed by atoms with Crippen LogP contribution in [-0.4, -0.2) is 96.7 Å². The first kappa shape index (κ1) is 95.5. The Balaban J connectivity index is 5.20. The summed E-state index contributed by atoms with van der Waals surface area (Å²) < 4.78 is 68.5. The molecule has 17 nitrogen and oxygen atoms in total. The van der Waals surface area contributed by atoms with Gasteiger partial charge < -0.3 is 33.8 Å². The summed E-state index contributed by atoms with van der Waals surface area (Å²) in [5.74, 6) is -0.476. The van der Waals surface area contributed by atoms with Gasteiger partial charge in [0.15, 0.2) is 12.2 Å². The molecular formula is C79H150O17P2. The van der Waals surface area contributed by atoms with Crippen LogP contribution in [0.5, 0.6) is 0 Å². The highest BCUT2D eigenvalue weighted by atomic mass is 31.2.